The number of aromatic nitrogens is 3. The van der Waals surface area contributed by atoms with Crippen LogP contribution in [0.2, 0.25) is 0 Å². The van der Waals surface area contributed by atoms with Gasteiger partial charge in [-0.1, -0.05) is 19.1 Å². The van der Waals surface area contributed by atoms with Crippen molar-refractivity contribution in [3.63, 3.8) is 0 Å². The highest BCUT2D eigenvalue weighted by Crippen LogP contribution is 2.23. The molecule has 0 aliphatic rings. The van der Waals surface area contributed by atoms with Crippen molar-refractivity contribution in [2.24, 2.45) is 0 Å². The number of benzene rings is 1. The number of hydrogen-bond donors (Lipinski definition) is 2. The zero-order valence-corrected chi connectivity index (χ0v) is 14.8. The molecule has 130 valence electrons. The third kappa shape index (κ3) is 4.33. The average Bonchev–Trinajstić information content (AvgIpc) is 2.68. The highest BCUT2D eigenvalue weighted by atomic mass is 15.2. The second-order valence-corrected chi connectivity index (χ2v) is 5.95. The van der Waals surface area contributed by atoms with Crippen molar-refractivity contribution in [3.05, 3.63) is 60.3 Å². The quantitative estimate of drug-likeness (QED) is 0.691. The molecule has 0 saturated carbocycles. The van der Waals surface area contributed by atoms with E-state index in [-0.39, 0.29) is 6.04 Å². The Balaban J connectivity index is 1.97. The van der Waals surface area contributed by atoms with Gasteiger partial charge in [-0.3, -0.25) is 4.98 Å². The molecule has 1 atom stereocenters. The third-order valence-corrected chi connectivity index (χ3v) is 3.91. The van der Waals surface area contributed by atoms with Crippen molar-refractivity contribution >= 4 is 17.5 Å². The second kappa shape index (κ2) is 8.08. The summed E-state index contributed by atoms with van der Waals surface area (Å²) in [6, 6.07) is 17.2. The number of nitrogens with one attached hydrogen (secondary N) is 2. The smallest absolute Gasteiger partial charge is 0.225 e. The van der Waals surface area contributed by atoms with E-state index >= 15 is 0 Å². The molecule has 0 unspecified atom stereocenters. The Hall–Kier alpha value is -3.46. The maximum Gasteiger partial charge on any atom is 0.225 e. The number of hydrogen-bond acceptors (Lipinski definition) is 6. The average molecular weight is 344 g/mol. The Bertz CT molecular complexity index is 917. The summed E-state index contributed by atoms with van der Waals surface area (Å²) in [5, 5.41) is 15.6. The lowest BCUT2D eigenvalue weighted by atomic mass is 10.2. The minimum atomic E-state index is 0.253. The first kappa shape index (κ1) is 17.4. The molecular weight excluding hydrogens is 324 g/mol. The van der Waals surface area contributed by atoms with Crippen molar-refractivity contribution < 1.29 is 0 Å². The number of nitrogens with zero attached hydrogens (tertiary/aromatic N) is 4. The topological polar surface area (TPSA) is 86.5 Å². The van der Waals surface area contributed by atoms with Gasteiger partial charge in [-0.05, 0) is 43.7 Å². The Morgan fingerprint density at radius 2 is 1.96 bits per heavy atom. The van der Waals surface area contributed by atoms with Crippen molar-refractivity contribution in [2.75, 3.05) is 10.6 Å². The molecule has 2 N–H and O–H groups in total. The van der Waals surface area contributed by atoms with E-state index in [1.165, 1.54) is 0 Å². The van der Waals surface area contributed by atoms with Crippen LogP contribution in [0, 0.1) is 11.3 Å². The fourth-order valence-corrected chi connectivity index (χ4v) is 2.36. The SMILES string of the molecule is CC[C@@H](C)Nc1nc(Nc2cccc(C#N)c2)cc(-c2ccccn2)n1. The number of nitriles is 1. The molecule has 3 aromatic rings. The monoisotopic (exact) mass is 344 g/mol. The van der Waals surface area contributed by atoms with E-state index in [1.807, 2.05) is 36.4 Å². The van der Waals surface area contributed by atoms with Crippen LogP contribution in [0.1, 0.15) is 25.8 Å². The molecule has 0 amide bonds. The van der Waals surface area contributed by atoms with Gasteiger partial charge in [-0.25, -0.2) is 4.98 Å². The van der Waals surface area contributed by atoms with Crippen LogP contribution in [0.5, 0.6) is 0 Å². The molecule has 1 aromatic carbocycles. The van der Waals surface area contributed by atoms with Gasteiger partial charge in [-0.2, -0.15) is 10.2 Å². The molecule has 2 heterocycles. The molecule has 2 aromatic heterocycles. The summed E-state index contributed by atoms with van der Waals surface area (Å²) >= 11 is 0. The molecule has 0 spiro atoms. The molecule has 0 aliphatic heterocycles. The summed E-state index contributed by atoms with van der Waals surface area (Å²) in [7, 11) is 0. The van der Waals surface area contributed by atoms with Gasteiger partial charge in [0.2, 0.25) is 5.95 Å². The molecule has 0 radical (unpaired) electrons. The summed E-state index contributed by atoms with van der Waals surface area (Å²) in [6.45, 7) is 4.19. The Morgan fingerprint density at radius 1 is 1.08 bits per heavy atom. The van der Waals surface area contributed by atoms with Gasteiger partial charge in [0, 0.05) is 24.0 Å². The maximum absolute atomic E-state index is 9.07. The predicted octanol–water partition coefficient (Wildman–Crippen LogP) is 4.36. The van der Waals surface area contributed by atoms with Gasteiger partial charge in [0.15, 0.2) is 0 Å². The molecule has 6 nitrogen and oxygen atoms in total. The largest absolute Gasteiger partial charge is 0.352 e. The van der Waals surface area contributed by atoms with Crippen molar-refractivity contribution in [1.82, 2.24) is 15.0 Å². The van der Waals surface area contributed by atoms with Gasteiger partial charge in [-0.15, -0.1) is 0 Å². The van der Waals surface area contributed by atoms with E-state index in [0.717, 1.165) is 23.5 Å². The molecule has 0 fully saturated rings. The van der Waals surface area contributed by atoms with E-state index < -0.39 is 0 Å². The lowest BCUT2D eigenvalue weighted by Gasteiger charge is -2.14. The summed E-state index contributed by atoms with van der Waals surface area (Å²) in [5.74, 6) is 1.18. The van der Waals surface area contributed by atoms with Crippen LogP contribution < -0.4 is 10.6 Å². The van der Waals surface area contributed by atoms with Gasteiger partial charge >= 0.3 is 0 Å². The van der Waals surface area contributed by atoms with E-state index in [9.17, 15) is 0 Å². The first-order valence-electron chi connectivity index (χ1n) is 8.52. The fraction of sp³-hybridized carbons (Fsp3) is 0.200. The van der Waals surface area contributed by atoms with E-state index in [2.05, 4.69) is 45.5 Å². The van der Waals surface area contributed by atoms with Crippen LogP contribution in [0.3, 0.4) is 0 Å². The number of anilines is 3. The molecule has 0 saturated heterocycles. The van der Waals surface area contributed by atoms with Gasteiger partial charge in [0.05, 0.1) is 23.0 Å². The molecule has 0 aliphatic carbocycles. The van der Waals surface area contributed by atoms with Crippen LogP contribution in [0.4, 0.5) is 17.5 Å². The number of pyridine rings is 1. The molecule has 6 heteroatoms. The van der Waals surface area contributed by atoms with Crippen LogP contribution in [-0.2, 0) is 0 Å². The molecule has 3 rings (SSSR count). The molecular formula is C20H20N6. The first-order valence-corrected chi connectivity index (χ1v) is 8.52. The van der Waals surface area contributed by atoms with E-state index in [4.69, 9.17) is 5.26 Å². The minimum Gasteiger partial charge on any atom is -0.352 e. The van der Waals surface area contributed by atoms with Crippen LogP contribution in [0.15, 0.2) is 54.7 Å². The highest BCUT2D eigenvalue weighted by Gasteiger charge is 2.10. The van der Waals surface area contributed by atoms with Crippen molar-refractivity contribution in [2.45, 2.75) is 26.3 Å². The zero-order chi connectivity index (χ0) is 18.4. The number of rotatable bonds is 6. The molecule has 0 bridgehead atoms. The van der Waals surface area contributed by atoms with Gasteiger partial charge < -0.3 is 10.6 Å². The predicted molar refractivity (Wildman–Crippen MR) is 103 cm³/mol. The summed E-state index contributed by atoms with van der Waals surface area (Å²) in [6.07, 6.45) is 2.70. The Kier molecular flexibility index (Phi) is 5.40. The second-order valence-electron chi connectivity index (χ2n) is 5.95. The van der Waals surface area contributed by atoms with Crippen LogP contribution in [-0.4, -0.2) is 21.0 Å². The first-order chi connectivity index (χ1) is 12.7. The summed E-state index contributed by atoms with van der Waals surface area (Å²) in [4.78, 5) is 13.5. The maximum atomic E-state index is 9.07. The summed E-state index contributed by atoms with van der Waals surface area (Å²) in [5.41, 5.74) is 2.89. The van der Waals surface area contributed by atoms with Crippen molar-refractivity contribution in [3.8, 4) is 17.5 Å². The van der Waals surface area contributed by atoms with E-state index in [1.54, 1.807) is 18.3 Å². The van der Waals surface area contributed by atoms with Crippen molar-refractivity contribution in [1.29, 1.82) is 5.26 Å². The van der Waals surface area contributed by atoms with E-state index in [0.29, 0.717) is 17.3 Å². The highest BCUT2D eigenvalue weighted by molar-refractivity contribution is 5.66. The van der Waals surface area contributed by atoms with Gasteiger partial charge in [0.25, 0.3) is 0 Å². The fourth-order valence-electron chi connectivity index (χ4n) is 2.36. The Morgan fingerprint density at radius 3 is 2.69 bits per heavy atom. The van der Waals surface area contributed by atoms with Crippen LogP contribution >= 0.6 is 0 Å². The zero-order valence-electron chi connectivity index (χ0n) is 14.8. The summed E-state index contributed by atoms with van der Waals surface area (Å²) < 4.78 is 0. The Labute approximate surface area is 153 Å². The molecule has 26 heavy (non-hydrogen) atoms. The third-order valence-electron chi connectivity index (χ3n) is 3.91. The normalized spacial score (nSPS) is 11.4. The minimum absolute atomic E-state index is 0.253. The standard InChI is InChI=1S/C20H20N6/c1-3-14(2)23-20-25-18(17-9-4-5-10-22-17)12-19(26-20)24-16-8-6-7-15(11-16)13-21/h4-12,14H,3H2,1-2H3,(H2,23,24,25,26)/t14-/m1/s1. The lowest BCUT2D eigenvalue weighted by molar-refractivity contribution is 0.753. The van der Waals surface area contributed by atoms with Crippen LogP contribution in [0.25, 0.3) is 11.4 Å². The lowest BCUT2D eigenvalue weighted by Crippen LogP contribution is -2.16. The van der Waals surface area contributed by atoms with Gasteiger partial charge in [0.1, 0.15) is 5.82 Å².